The fourth-order valence-electron chi connectivity index (χ4n) is 6.11. The molecule has 0 saturated carbocycles. The minimum atomic E-state index is 0.235. The molecular formula is C35H47N5O2. The average molecular weight is 570 g/mol. The van der Waals surface area contributed by atoms with Crippen LogP contribution in [-0.2, 0) is 4.74 Å². The summed E-state index contributed by atoms with van der Waals surface area (Å²) in [6, 6.07) is 18.4. The SMILES string of the molecule is CC(c1ncc[nH]1)N(CCCC(c1cc2cc(Oc3ccccc3)ccc2nc1N)C1CCOCC1)CCC(C)(C)C. The molecule has 4 aromatic rings. The highest BCUT2D eigenvalue weighted by molar-refractivity contribution is 5.83. The van der Waals surface area contributed by atoms with E-state index in [-0.39, 0.29) is 11.5 Å². The van der Waals surface area contributed by atoms with Crippen molar-refractivity contribution in [1.29, 1.82) is 0 Å². The lowest BCUT2D eigenvalue weighted by atomic mass is 9.78. The molecule has 7 heteroatoms. The highest BCUT2D eigenvalue weighted by Crippen LogP contribution is 2.40. The zero-order valence-corrected chi connectivity index (χ0v) is 25.7. The van der Waals surface area contributed by atoms with E-state index in [2.05, 4.69) is 54.7 Å². The molecule has 7 nitrogen and oxygen atoms in total. The van der Waals surface area contributed by atoms with Crippen molar-refractivity contribution in [2.75, 3.05) is 32.0 Å². The van der Waals surface area contributed by atoms with E-state index < -0.39 is 0 Å². The van der Waals surface area contributed by atoms with Gasteiger partial charge in [-0.3, -0.25) is 4.90 Å². The largest absolute Gasteiger partial charge is 0.457 e. The summed E-state index contributed by atoms with van der Waals surface area (Å²) in [5, 5.41) is 1.06. The van der Waals surface area contributed by atoms with Crippen LogP contribution in [0.3, 0.4) is 0 Å². The number of benzene rings is 2. The fourth-order valence-corrected chi connectivity index (χ4v) is 6.11. The van der Waals surface area contributed by atoms with E-state index in [9.17, 15) is 0 Å². The maximum Gasteiger partial charge on any atom is 0.128 e. The summed E-state index contributed by atoms with van der Waals surface area (Å²) in [5.74, 6) is 4.14. The molecule has 2 aromatic heterocycles. The van der Waals surface area contributed by atoms with E-state index in [4.69, 9.17) is 20.2 Å². The van der Waals surface area contributed by atoms with Crippen LogP contribution < -0.4 is 10.5 Å². The van der Waals surface area contributed by atoms with Crippen LogP contribution in [-0.4, -0.2) is 46.2 Å². The van der Waals surface area contributed by atoms with E-state index in [0.717, 1.165) is 92.2 Å². The molecule has 224 valence electrons. The third kappa shape index (κ3) is 7.90. The molecule has 1 aliphatic heterocycles. The Labute approximate surface area is 250 Å². The maximum atomic E-state index is 6.70. The number of aromatic nitrogens is 3. The van der Waals surface area contributed by atoms with Crippen LogP contribution in [0.25, 0.3) is 10.9 Å². The first-order valence-corrected chi connectivity index (χ1v) is 15.5. The monoisotopic (exact) mass is 569 g/mol. The topological polar surface area (TPSA) is 89.3 Å². The highest BCUT2D eigenvalue weighted by Gasteiger charge is 2.28. The Morgan fingerprint density at radius 3 is 2.55 bits per heavy atom. The van der Waals surface area contributed by atoms with Crippen molar-refractivity contribution in [3.63, 3.8) is 0 Å². The third-order valence-corrected chi connectivity index (χ3v) is 8.63. The van der Waals surface area contributed by atoms with E-state index >= 15 is 0 Å². The molecule has 42 heavy (non-hydrogen) atoms. The van der Waals surface area contributed by atoms with E-state index in [0.29, 0.717) is 17.7 Å². The second-order valence-corrected chi connectivity index (χ2v) is 12.9. The molecule has 3 heterocycles. The fraction of sp³-hybridized carbons (Fsp3) is 0.486. The highest BCUT2D eigenvalue weighted by atomic mass is 16.5. The molecule has 2 unspecified atom stereocenters. The molecule has 0 bridgehead atoms. The number of nitrogens with two attached hydrogens (primary N) is 1. The number of nitrogens with zero attached hydrogens (tertiary/aromatic N) is 3. The van der Waals surface area contributed by atoms with Gasteiger partial charge in [-0.15, -0.1) is 0 Å². The van der Waals surface area contributed by atoms with Crippen LogP contribution in [0, 0.1) is 11.3 Å². The van der Waals surface area contributed by atoms with Crippen molar-refractivity contribution in [1.82, 2.24) is 19.9 Å². The van der Waals surface area contributed by atoms with Crippen molar-refractivity contribution in [2.45, 2.75) is 71.8 Å². The number of hydrogen-bond donors (Lipinski definition) is 2. The summed E-state index contributed by atoms with van der Waals surface area (Å²) in [6.07, 6.45) is 9.13. The van der Waals surface area contributed by atoms with Gasteiger partial charge in [0.1, 0.15) is 23.1 Å². The number of ether oxygens (including phenoxy) is 2. The quantitative estimate of drug-likeness (QED) is 0.179. The molecule has 5 rings (SSSR count). The van der Waals surface area contributed by atoms with Gasteiger partial charge in [0.25, 0.3) is 0 Å². The molecule has 0 aliphatic carbocycles. The van der Waals surface area contributed by atoms with Crippen LogP contribution in [0.1, 0.15) is 83.1 Å². The first-order chi connectivity index (χ1) is 20.3. The van der Waals surface area contributed by atoms with Crippen LogP contribution in [0.2, 0.25) is 0 Å². The number of fused-ring (bicyclic) bond motifs is 1. The van der Waals surface area contributed by atoms with Gasteiger partial charge in [-0.2, -0.15) is 0 Å². The van der Waals surface area contributed by atoms with Crippen molar-refractivity contribution in [3.05, 3.63) is 78.4 Å². The zero-order valence-electron chi connectivity index (χ0n) is 25.7. The number of imidazole rings is 1. The second kappa shape index (κ2) is 13.7. The number of nitrogens with one attached hydrogen (secondary N) is 1. The van der Waals surface area contributed by atoms with Crippen LogP contribution in [0.15, 0.2) is 67.0 Å². The van der Waals surface area contributed by atoms with Gasteiger partial charge in [0.05, 0.1) is 11.6 Å². The predicted octanol–water partition coefficient (Wildman–Crippen LogP) is 8.12. The molecular weight excluding hydrogens is 522 g/mol. The number of hydrogen-bond acceptors (Lipinski definition) is 6. The smallest absolute Gasteiger partial charge is 0.128 e. The van der Waals surface area contributed by atoms with Crippen LogP contribution in [0.5, 0.6) is 11.5 Å². The number of pyridine rings is 1. The summed E-state index contributed by atoms with van der Waals surface area (Å²) in [4.78, 5) is 15.4. The van der Waals surface area contributed by atoms with Crippen LogP contribution >= 0.6 is 0 Å². The van der Waals surface area contributed by atoms with Gasteiger partial charge in [0.15, 0.2) is 0 Å². The minimum Gasteiger partial charge on any atom is -0.457 e. The Hall–Kier alpha value is -3.42. The number of anilines is 1. The van der Waals surface area contributed by atoms with Crippen molar-refractivity contribution in [3.8, 4) is 11.5 Å². The van der Waals surface area contributed by atoms with E-state index in [1.54, 1.807) is 0 Å². The molecule has 1 saturated heterocycles. The molecule has 2 atom stereocenters. The molecule has 0 radical (unpaired) electrons. The predicted molar refractivity (Wildman–Crippen MR) is 171 cm³/mol. The zero-order chi connectivity index (χ0) is 29.5. The summed E-state index contributed by atoms with van der Waals surface area (Å²) in [7, 11) is 0. The lowest BCUT2D eigenvalue weighted by Gasteiger charge is -2.34. The lowest BCUT2D eigenvalue weighted by molar-refractivity contribution is 0.0558. The Bertz CT molecular complexity index is 1390. The van der Waals surface area contributed by atoms with Gasteiger partial charge in [0, 0.05) is 31.0 Å². The van der Waals surface area contributed by atoms with Crippen molar-refractivity contribution in [2.24, 2.45) is 11.3 Å². The van der Waals surface area contributed by atoms with E-state index in [1.807, 2.05) is 54.9 Å². The molecule has 0 spiro atoms. The molecule has 0 amide bonds. The first-order valence-electron chi connectivity index (χ1n) is 15.5. The number of para-hydroxylation sites is 1. The van der Waals surface area contributed by atoms with Gasteiger partial charge in [-0.05, 0) is 111 Å². The molecule has 3 N–H and O–H groups in total. The summed E-state index contributed by atoms with van der Waals surface area (Å²) >= 11 is 0. The Balaban J connectivity index is 1.37. The normalized spacial score (nSPS) is 16.1. The number of rotatable bonds is 12. The Kier molecular flexibility index (Phi) is 9.80. The standard InChI is InChI=1S/C35H47N5O2/c1-25(34-37-17-18-38-34)40(20-16-35(2,3)4)19-8-11-30(26-14-21-41-22-15-26)31-24-27-23-29(12-13-32(27)39-33(31)36)42-28-9-6-5-7-10-28/h5-7,9-10,12-13,17-18,23-26,30H,8,11,14-16,19-22H2,1-4H3,(H2,36,39)(H,37,38). The minimum absolute atomic E-state index is 0.235. The number of H-pyrrole nitrogens is 1. The lowest BCUT2D eigenvalue weighted by Crippen LogP contribution is -2.32. The second-order valence-electron chi connectivity index (χ2n) is 12.9. The number of nitrogen functional groups attached to an aromatic ring is 1. The van der Waals surface area contributed by atoms with Gasteiger partial charge >= 0.3 is 0 Å². The summed E-state index contributed by atoms with van der Waals surface area (Å²) < 4.78 is 11.9. The third-order valence-electron chi connectivity index (χ3n) is 8.63. The van der Waals surface area contributed by atoms with Crippen LogP contribution in [0.4, 0.5) is 5.82 Å². The first kappa shape index (κ1) is 30.1. The maximum absolute atomic E-state index is 6.70. The van der Waals surface area contributed by atoms with Gasteiger partial charge in [-0.25, -0.2) is 9.97 Å². The summed E-state index contributed by atoms with van der Waals surface area (Å²) in [6.45, 7) is 12.9. The average Bonchev–Trinajstić information content (AvgIpc) is 3.52. The Morgan fingerprint density at radius 2 is 1.83 bits per heavy atom. The number of aromatic amines is 1. The molecule has 2 aromatic carbocycles. The van der Waals surface area contributed by atoms with Gasteiger partial charge < -0.3 is 20.2 Å². The molecule has 1 fully saturated rings. The van der Waals surface area contributed by atoms with Gasteiger partial charge in [0.2, 0.25) is 0 Å². The summed E-state index contributed by atoms with van der Waals surface area (Å²) in [5.41, 5.74) is 9.03. The van der Waals surface area contributed by atoms with Crippen molar-refractivity contribution < 1.29 is 9.47 Å². The Morgan fingerprint density at radius 1 is 1.05 bits per heavy atom. The van der Waals surface area contributed by atoms with Crippen molar-refractivity contribution >= 4 is 16.7 Å². The van der Waals surface area contributed by atoms with Gasteiger partial charge in [-0.1, -0.05) is 39.0 Å². The van der Waals surface area contributed by atoms with E-state index in [1.165, 1.54) is 0 Å². The molecule has 1 aliphatic rings.